The van der Waals surface area contributed by atoms with E-state index < -0.39 is 11.7 Å². The first kappa shape index (κ1) is 13.6. The predicted octanol–water partition coefficient (Wildman–Crippen LogP) is 1.65. The number of nitrogens with one attached hydrogen (secondary N) is 1. The standard InChI is InChI=1S/C13H13FN4O2/c1-20-11-4-7(14)2-3-10(11)18-13-9(12(16)19)5-8(15)6-17-13/h2-6H,15H2,1H3,(H2,16,19)(H,17,18). The fraction of sp³-hybridized carbons (Fsp3) is 0.0769. The van der Waals surface area contributed by atoms with E-state index in [9.17, 15) is 9.18 Å². The van der Waals surface area contributed by atoms with Crippen LogP contribution in [0.4, 0.5) is 21.6 Å². The van der Waals surface area contributed by atoms with Crippen LogP contribution < -0.4 is 21.5 Å². The van der Waals surface area contributed by atoms with E-state index in [0.29, 0.717) is 11.4 Å². The lowest BCUT2D eigenvalue weighted by molar-refractivity contribution is 0.100. The van der Waals surface area contributed by atoms with Gasteiger partial charge in [0.1, 0.15) is 17.4 Å². The summed E-state index contributed by atoms with van der Waals surface area (Å²) < 4.78 is 18.2. The zero-order valence-corrected chi connectivity index (χ0v) is 10.7. The highest BCUT2D eigenvalue weighted by atomic mass is 19.1. The number of primary amides is 1. The molecule has 1 aromatic heterocycles. The Morgan fingerprint density at radius 3 is 2.80 bits per heavy atom. The first-order valence-corrected chi connectivity index (χ1v) is 5.67. The van der Waals surface area contributed by atoms with Gasteiger partial charge in [-0.15, -0.1) is 0 Å². The summed E-state index contributed by atoms with van der Waals surface area (Å²) in [6.07, 6.45) is 1.38. The van der Waals surface area contributed by atoms with Crippen molar-refractivity contribution in [3.63, 3.8) is 0 Å². The van der Waals surface area contributed by atoms with Crippen LogP contribution in [0.2, 0.25) is 0 Å². The van der Waals surface area contributed by atoms with E-state index in [2.05, 4.69) is 10.3 Å². The highest BCUT2D eigenvalue weighted by Crippen LogP contribution is 2.29. The molecule has 1 heterocycles. The first-order chi connectivity index (χ1) is 9.51. The smallest absolute Gasteiger partial charge is 0.252 e. The summed E-state index contributed by atoms with van der Waals surface area (Å²) in [5.74, 6) is -0.614. The minimum atomic E-state index is -0.673. The average molecular weight is 276 g/mol. The topological polar surface area (TPSA) is 103 Å². The molecule has 1 amide bonds. The molecular weight excluding hydrogens is 263 g/mol. The number of carbonyl (C=O) groups excluding carboxylic acids is 1. The van der Waals surface area contributed by atoms with Crippen molar-refractivity contribution in [1.82, 2.24) is 4.98 Å². The van der Waals surface area contributed by atoms with Gasteiger partial charge in [0.2, 0.25) is 0 Å². The number of methoxy groups -OCH3 is 1. The third-order valence-corrected chi connectivity index (χ3v) is 2.59. The highest BCUT2D eigenvalue weighted by Gasteiger charge is 2.13. The summed E-state index contributed by atoms with van der Waals surface area (Å²) in [6.45, 7) is 0. The van der Waals surface area contributed by atoms with Crippen LogP contribution in [0.25, 0.3) is 0 Å². The predicted molar refractivity (Wildman–Crippen MR) is 73.4 cm³/mol. The molecule has 104 valence electrons. The number of nitrogen functional groups attached to an aromatic ring is 1. The number of pyridine rings is 1. The first-order valence-electron chi connectivity index (χ1n) is 5.67. The molecule has 2 rings (SSSR count). The van der Waals surface area contributed by atoms with Gasteiger partial charge in [-0.3, -0.25) is 4.79 Å². The molecule has 0 aliphatic rings. The number of nitrogens with zero attached hydrogens (tertiary/aromatic N) is 1. The number of halogens is 1. The molecule has 0 aliphatic heterocycles. The van der Waals surface area contributed by atoms with E-state index >= 15 is 0 Å². The summed E-state index contributed by atoms with van der Waals surface area (Å²) in [7, 11) is 1.41. The van der Waals surface area contributed by atoms with Gasteiger partial charge < -0.3 is 21.5 Å². The lowest BCUT2D eigenvalue weighted by atomic mass is 10.2. The molecule has 0 unspecified atom stereocenters. The molecule has 0 fully saturated rings. The molecule has 0 aliphatic carbocycles. The molecule has 0 atom stereocenters. The summed E-state index contributed by atoms with van der Waals surface area (Å²) in [6, 6.07) is 5.35. The molecule has 5 N–H and O–H groups in total. The molecular formula is C13H13FN4O2. The summed E-state index contributed by atoms with van der Waals surface area (Å²) >= 11 is 0. The number of anilines is 3. The van der Waals surface area contributed by atoms with Crippen LogP contribution in [0.3, 0.4) is 0 Å². The van der Waals surface area contributed by atoms with Crippen LogP contribution in [0.1, 0.15) is 10.4 Å². The Labute approximate surface area is 114 Å². The van der Waals surface area contributed by atoms with Gasteiger partial charge in [0.05, 0.1) is 30.2 Å². The van der Waals surface area contributed by atoms with Gasteiger partial charge in [0.25, 0.3) is 5.91 Å². The number of hydrogen-bond donors (Lipinski definition) is 3. The van der Waals surface area contributed by atoms with Crippen LogP contribution in [-0.2, 0) is 0 Å². The SMILES string of the molecule is COc1cc(F)ccc1Nc1ncc(N)cc1C(N)=O. The van der Waals surface area contributed by atoms with Crippen molar-refractivity contribution in [1.29, 1.82) is 0 Å². The number of nitrogens with two attached hydrogens (primary N) is 2. The second-order valence-electron chi connectivity index (χ2n) is 4.00. The number of carbonyl (C=O) groups is 1. The molecule has 1 aromatic carbocycles. The number of benzene rings is 1. The van der Waals surface area contributed by atoms with Gasteiger partial charge in [-0.2, -0.15) is 0 Å². The second-order valence-corrected chi connectivity index (χ2v) is 4.00. The third-order valence-electron chi connectivity index (χ3n) is 2.59. The van der Waals surface area contributed by atoms with Crippen LogP contribution >= 0.6 is 0 Å². The monoisotopic (exact) mass is 276 g/mol. The fourth-order valence-corrected chi connectivity index (χ4v) is 1.66. The molecule has 2 aromatic rings. The molecule has 7 heteroatoms. The maximum Gasteiger partial charge on any atom is 0.252 e. The zero-order chi connectivity index (χ0) is 14.7. The maximum absolute atomic E-state index is 13.1. The Balaban J connectivity index is 2.42. The van der Waals surface area contributed by atoms with Crippen molar-refractivity contribution in [2.75, 3.05) is 18.2 Å². The Hall–Kier alpha value is -2.83. The van der Waals surface area contributed by atoms with Gasteiger partial charge in [-0.25, -0.2) is 9.37 Å². The number of rotatable bonds is 4. The van der Waals surface area contributed by atoms with Crippen molar-refractivity contribution < 1.29 is 13.9 Å². The molecule has 6 nitrogen and oxygen atoms in total. The minimum Gasteiger partial charge on any atom is -0.494 e. The average Bonchev–Trinajstić information content (AvgIpc) is 2.42. The molecule has 0 spiro atoms. The third kappa shape index (κ3) is 2.77. The minimum absolute atomic E-state index is 0.136. The molecule has 0 radical (unpaired) electrons. The fourth-order valence-electron chi connectivity index (χ4n) is 1.66. The van der Waals surface area contributed by atoms with E-state index in [1.54, 1.807) is 0 Å². The number of ether oxygens (including phenoxy) is 1. The second kappa shape index (κ2) is 5.43. The molecule has 20 heavy (non-hydrogen) atoms. The lowest BCUT2D eigenvalue weighted by Crippen LogP contribution is -2.15. The van der Waals surface area contributed by atoms with Gasteiger partial charge >= 0.3 is 0 Å². The van der Waals surface area contributed by atoms with Crippen LogP contribution in [0.15, 0.2) is 30.5 Å². The number of hydrogen-bond acceptors (Lipinski definition) is 5. The van der Waals surface area contributed by atoms with Crippen LogP contribution in [0, 0.1) is 5.82 Å². The van der Waals surface area contributed by atoms with Crippen molar-refractivity contribution in [3.8, 4) is 5.75 Å². The van der Waals surface area contributed by atoms with E-state index in [1.807, 2.05) is 0 Å². The zero-order valence-electron chi connectivity index (χ0n) is 10.7. The lowest BCUT2D eigenvalue weighted by Gasteiger charge is -2.12. The summed E-state index contributed by atoms with van der Waals surface area (Å²) in [5.41, 5.74) is 11.7. The summed E-state index contributed by atoms with van der Waals surface area (Å²) in [4.78, 5) is 15.4. The normalized spacial score (nSPS) is 10.1. The Kier molecular flexibility index (Phi) is 3.69. The molecule has 0 saturated carbocycles. The number of amides is 1. The van der Waals surface area contributed by atoms with E-state index in [4.69, 9.17) is 16.2 Å². The van der Waals surface area contributed by atoms with Gasteiger partial charge in [0.15, 0.2) is 0 Å². The largest absolute Gasteiger partial charge is 0.494 e. The van der Waals surface area contributed by atoms with E-state index in [-0.39, 0.29) is 17.1 Å². The van der Waals surface area contributed by atoms with Gasteiger partial charge in [-0.05, 0) is 18.2 Å². The highest BCUT2D eigenvalue weighted by molar-refractivity contribution is 5.99. The molecule has 0 saturated heterocycles. The molecule has 0 bridgehead atoms. The quantitative estimate of drug-likeness (QED) is 0.787. The Bertz CT molecular complexity index is 661. The van der Waals surface area contributed by atoms with Gasteiger partial charge in [-0.1, -0.05) is 0 Å². The van der Waals surface area contributed by atoms with Crippen molar-refractivity contribution in [2.45, 2.75) is 0 Å². The van der Waals surface area contributed by atoms with E-state index in [1.165, 1.54) is 37.6 Å². The van der Waals surface area contributed by atoms with E-state index in [0.717, 1.165) is 0 Å². The summed E-state index contributed by atoms with van der Waals surface area (Å²) in [5, 5.41) is 2.87. The van der Waals surface area contributed by atoms with Crippen LogP contribution in [0.5, 0.6) is 5.75 Å². The van der Waals surface area contributed by atoms with Crippen molar-refractivity contribution in [2.24, 2.45) is 5.73 Å². The Morgan fingerprint density at radius 1 is 1.40 bits per heavy atom. The van der Waals surface area contributed by atoms with Crippen molar-refractivity contribution >= 4 is 23.1 Å². The van der Waals surface area contributed by atoms with Crippen molar-refractivity contribution in [3.05, 3.63) is 41.8 Å². The van der Waals surface area contributed by atoms with Gasteiger partial charge in [0, 0.05) is 6.07 Å². The number of aromatic nitrogens is 1. The maximum atomic E-state index is 13.1. The Morgan fingerprint density at radius 2 is 2.15 bits per heavy atom. The van der Waals surface area contributed by atoms with Crippen LogP contribution in [-0.4, -0.2) is 18.0 Å².